The van der Waals surface area contributed by atoms with Gasteiger partial charge in [-0.1, -0.05) is 12.2 Å². The highest BCUT2D eigenvalue weighted by Gasteiger charge is 2.22. The topological polar surface area (TPSA) is 104 Å². The molecule has 2 aromatic heterocycles. The first-order chi connectivity index (χ1) is 14.0. The van der Waals surface area contributed by atoms with Crippen LogP contribution in [-0.2, 0) is 0 Å². The van der Waals surface area contributed by atoms with E-state index in [-0.39, 0.29) is 18.0 Å². The molecule has 4 rings (SSSR count). The van der Waals surface area contributed by atoms with Gasteiger partial charge in [0.05, 0.1) is 35.6 Å². The lowest BCUT2D eigenvalue weighted by Crippen LogP contribution is -2.13. The van der Waals surface area contributed by atoms with Crippen molar-refractivity contribution in [1.82, 2.24) is 4.68 Å². The number of furan rings is 1. The Balaban J connectivity index is 1.81. The lowest BCUT2D eigenvalue weighted by molar-refractivity contribution is -0.385. The van der Waals surface area contributed by atoms with Crippen LogP contribution in [0.25, 0.3) is 11.5 Å². The first-order valence-electron chi connectivity index (χ1n) is 8.54. The molecule has 0 bridgehead atoms. The average molecular weight is 412 g/mol. The Kier molecular flexibility index (Phi) is 5.00. The van der Waals surface area contributed by atoms with Crippen LogP contribution in [0.1, 0.15) is 12.5 Å². The number of hydrogen-bond donors (Lipinski definition) is 0. The molecule has 10 heteroatoms. The van der Waals surface area contributed by atoms with Gasteiger partial charge in [0.15, 0.2) is 17.3 Å². The highest BCUT2D eigenvalue weighted by Crippen LogP contribution is 2.37. The molecule has 3 aromatic rings. The monoisotopic (exact) mass is 412 g/mol. The van der Waals surface area contributed by atoms with Crippen molar-refractivity contribution in [2.24, 2.45) is 10.1 Å². The van der Waals surface area contributed by atoms with E-state index in [9.17, 15) is 10.1 Å². The summed E-state index contributed by atoms with van der Waals surface area (Å²) in [4.78, 5) is 16.1. The van der Waals surface area contributed by atoms with Gasteiger partial charge in [-0.2, -0.15) is 5.10 Å². The van der Waals surface area contributed by atoms with Gasteiger partial charge in [-0.15, -0.1) is 11.3 Å². The summed E-state index contributed by atoms with van der Waals surface area (Å²) in [6, 6.07) is 6.45. The van der Waals surface area contributed by atoms with Crippen molar-refractivity contribution in [3.63, 3.8) is 0 Å². The minimum atomic E-state index is -0.485. The second-order valence-corrected chi connectivity index (χ2v) is 7.07. The standard InChI is InChI=1S/C19H16N4O5S/c1-12(2)8-20-19-22(15(10-29-19)16-4-3-5-26-16)21-9-13-6-17-18(28-11-27-17)7-14(13)23(24)25/h3-7,9-10H,1,8,11H2,2H3/b20-19?,21-9-. The van der Waals surface area contributed by atoms with Crippen LogP contribution in [0, 0.1) is 10.1 Å². The van der Waals surface area contributed by atoms with Gasteiger partial charge in [0, 0.05) is 5.38 Å². The molecular weight excluding hydrogens is 396 g/mol. The maximum Gasteiger partial charge on any atom is 0.282 e. The molecule has 0 saturated carbocycles. The molecule has 29 heavy (non-hydrogen) atoms. The van der Waals surface area contributed by atoms with Crippen molar-refractivity contribution >= 4 is 23.2 Å². The predicted octanol–water partition coefficient (Wildman–Crippen LogP) is 3.81. The van der Waals surface area contributed by atoms with Gasteiger partial charge in [-0.05, 0) is 25.1 Å². The number of ether oxygens (including phenoxy) is 2. The largest absolute Gasteiger partial charge is 0.463 e. The Morgan fingerprint density at radius 2 is 2.21 bits per heavy atom. The van der Waals surface area contributed by atoms with E-state index in [0.29, 0.717) is 34.3 Å². The SMILES string of the molecule is C=C(C)CN=c1scc(-c2ccco2)n1/N=C\c1cc2c(cc1[N+](=O)[O-])OCO2. The number of benzene rings is 1. The number of nitrogens with zero attached hydrogens (tertiary/aromatic N) is 4. The van der Waals surface area contributed by atoms with Gasteiger partial charge in [0.1, 0.15) is 5.69 Å². The van der Waals surface area contributed by atoms with Crippen molar-refractivity contribution in [3.8, 4) is 23.0 Å². The zero-order valence-electron chi connectivity index (χ0n) is 15.4. The number of fused-ring (bicyclic) bond motifs is 1. The number of nitro groups is 1. The summed E-state index contributed by atoms with van der Waals surface area (Å²) in [6.07, 6.45) is 2.97. The van der Waals surface area contributed by atoms with Crippen molar-refractivity contribution in [3.05, 3.63) is 68.5 Å². The molecule has 148 valence electrons. The van der Waals surface area contributed by atoms with E-state index < -0.39 is 4.92 Å². The fourth-order valence-electron chi connectivity index (χ4n) is 2.65. The molecule has 0 aliphatic carbocycles. The average Bonchev–Trinajstić information content (AvgIpc) is 3.43. The summed E-state index contributed by atoms with van der Waals surface area (Å²) in [7, 11) is 0. The van der Waals surface area contributed by atoms with Gasteiger partial charge in [-0.3, -0.25) is 15.1 Å². The second-order valence-electron chi connectivity index (χ2n) is 6.23. The first kappa shape index (κ1) is 18.7. The third-order valence-corrected chi connectivity index (χ3v) is 4.83. The minimum absolute atomic E-state index is 0.0267. The van der Waals surface area contributed by atoms with Crippen LogP contribution >= 0.6 is 11.3 Å². The maximum atomic E-state index is 11.5. The fourth-order valence-corrected chi connectivity index (χ4v) is 3.46. The van der Waals surface area contributed by atoms with Gasteiger partial charge >= 0.3 is 0 Å². The van der Waals surface area contributed by atoms with E-state index in [1.807, 2.05) is 12.3 Å². The normalized spacial score (nSPS) is 13.3. The van der Waals surface area contributed by atoms with Gasteiger partial charge in [-0.25, -0.2) is 4.68 Å². The number of nitro benzene ring substituents is 1. The molecule has 0 spiro atoms. The van der Waals surface area contributed by atoms with Crippen LogP contribution < -0.4 is 14.3 Å². The Labute approximate surface area is 169 Å². The molecular formula is C19H16N4O5S. The van der Waals surface area contributed by atoms with Crippen molar-refractivity contribution < 1.29 is 18.8 Å². The molecule has 0 fully saturated rings. The number of rotatable bonds is 6. The Bertz CT molecular complexity index is 1170. The lowest BCUT2D eigenvalue weighted by Gasteiger charge is -2.03. The molecule has 9 nitrogen and oxygen atoms in total. The summed E-state index contributed by atoms with van der Waals surface area (Å²) in [5.41, 5.74) is 1.74. The highest BCUT2D eigenvalue weighted by atomic mass is 32.1. The quantitative estimate of drug-likeness (QED) is 0.265. The summed E-state index contributed by atoms with van der Waals surface area (Å²) in [6.45, 7) is 6.21. The molecule has 1 aliphatic rings. The van der Waals surface area contributed by atoms with Crippen LogP contribution in [0.5, 0.6) is 11.5 Å². The highest BCUT2D eigenvalue weighted by molar-refractivity contribution is 7.07. The van der Waals surface area contributed by atoms with E-state index in [2.05, 4.69) is 16.7 Å². The van der Waals surface area contributed by atoms with Crippen LogP contribution in [-0.4, -0.2) is 29.2 Å². The van der Waals surface area contributed by atoms with Gasteiger partial charge in [0.2, 0.25) is 11.6 Å². The molecule has 3 heterocycles. The Hall–Kier alpha value is -3.66. The predicted molar refractivity (Wildman–Crippen MR) is 107 cm³/mol. The van der Waals surface area contributed by atoms with Crippen LogP contribution in [0.15, 0.2) is 62.6 Å². The summed E-state index contributed by atoms with van der Waals surface area (Å²) >= 11 is 1.39. The number of aromatic nitrogens is 1. The lowest BCUT2D eigenvalue weighted by atomic mass is 10.1. The summed E-state index contributed by atoms with van der Waals surface area (Å²) in [5.74, 6) is 1.38. The molecule has 1 aromatic carbocycles. The molecule has 1 aliphatic heterocycles. The minimum Gasteiger partial charge on any atom is -0.463 e. The molecule has 0 amide bonds. The molecule has 0 radical (unpaired) electrons. The number of thiazole rings is 1. The summed E-state index contributed by atoms with van der Waals surface area (Å²) in [5, 5.41) is 17.8. The van der Waals surface area contributed by atoms with E-state index in [4.69, 9.17) is 13.9 Å². The smallest absolute Gasteiger partial charge is 0.282 e. The van der Waals surface area contributed by atoms with E-state index >= 15 is 0 Å². The maximum absolute atomic E-state index is 11.5. The van der Waals surface area contributed by atoms with Crippen LogP contribution in [0.4, 0.5) is 5.69 Å². The fraction of sp³-hybridized carbons (Fsp3) is 0.158. The molecule has 0 atom stereocenters. The van der Waals surface area contributed by atoms with Crippen molar-refractivity contribution in [2.75, 3.05) is 13.3 Å². The molecule has 0 unspecified atom stereocenters. The zero-order valence-corrected chi connectivity index (χ0v) is 16.2. The summed E-state index contributed by atoms with van der Waals surface area (Å²) < 4.78 is 17.6. The molecule has 0 saturated heterocycles. The van der Waals surface area contributed by atoms with E-state index in [1.165, 1.54) is 29.7 Å². The van der Waals surface area contributed by atoms with Crippen molar-refractivity contribution in [2.45, 2.75) is 6.92 Å². The Morgan fingerprint density at radius 3 is 2.90 bits per heavy atom. The second kappa shape index (κ2) is 7.76. The van der Waals surface area contributed by atoms with Crippen molar-refractivity contribution in [1.29, 1.82) is 0 Å². The van der Waals surface area contributed by atoms with E-state index in [1.54, 1.807) is 23.1 Å². The third-order valence-electron chi connectivity index (χ3n) is 3.97. The Morgan fingerprint density at radius 1 is 1.41 bits per heavy atom. The van der Waals surface area contributed by atoms with Crippen LogP contribution in [0.3, 0.4) is 0 Å². The van der Waals surface area contributed by atoms with Gasteiger partial charge in [0.25, 0.3) is 5.69 Å². The number of hydrogen-bond acceptors (Lipinski definition) is 8. The van der Waals surface area contributed by atoms with Crippen LogP contribution in [0.2, 0.25) is 0 Å². The van der Waals surface area contributed by atoms with E-state index in [0.717, 1.165) is 5.57 Å². The third kappa shape index (κ3) is 3.83. The van der Waals surface area contributed by atoms with Gasteiger partial charge < -0.3 is 13.9 Å². The zero-order chi connectivity index (χ0) is 20.4. The molecule has 0 N–H and O–H groups in total. The first-order valence-corrected chi connectivity index (χ1v) is 9.42.